The number of carbonyl (C=O) groups excluding carboxylic acids is 1. The minimum absolute atomic E-state index is 0.123. The van der Waals surface area contributed by atoms with E-state index in [2.05, 4.69) is 5.32 Å². The van der Waals surface area contributed by atoms with E-state index in [9.17, 15) is 13.2 Å². The van der Waals surface area contributed by atoms with Crippen molar-refractivity contribution in [1.29, 1.82) is 0 Å². The molecule has 5 nitrogen and oxygen atoms in total. The maximum atomic E-state index is 13.2. The van der Waals surface area contributed by atoms with Crippen molar-refractivity contribution in [2.75, 3.05) is 6.54 Å². The third-order valence-electron chi connectivity index (χ3n) is 4.93. The smallest absolute Gasteiger partial charge is 0.243 e. The number of nitrogens with zero attached hydrogens (tertiary/aromatic N) is 1. The molecule has 2 aromatic carbocycles. The van der Waals surface area contributed by atoms with Crippen molar-refractivity contribution in [3.8, 4) is 0 Å². The van der Waals surface area contributed by atoms with Crippen LogP contribution in [0, 0.1) is 6.92 Å². The molecule has 7 heteroatoms. The van der Waals surface area contributed by atoms with E-state index in [0.717, 1.165) is 36.8 Å². The van der Waals surface area contributed by atoms with Crippen molar-refractivity contribution in [2.24, 2.45) is 0 Å². The number of amides is 1. The van der Waals surface area contributed by atoms with Crippen molar-refractivity contribution in [2.45, 2.75) is 50.1 Å². The van der Waals surface area contributed by atoms with Crippen LogP contribution in [0.1, 0.15) is 36.8 Å². The highest BCUT2D eigenvalue weighted by atomic mass is 35.5. The highest BCUT2D eigenvalue weighted by Gasteiger charge is 2.28. The van der Waals surface area contributed by atoms with Gasteiger partial charge in [0, 0.05) is 17.6 Å². The second kappa shape index (κ2) is 9.07. The zero-order chi connectivity index (χ0) is 20.1. The molecule has 0 atom stereocenters. The Balaban J connectivity index is 1.84. The lowest BCUT2D eigenvalue weighted by molar-refractivity contribution is -0.122. The molecule has 0 saturated heterocycles. The lowest BCUT2D eigenvalue weighted by Gasteiger charge is -2.23. The van der Waals surface area contributed by atoms with Crippen molar-refractivity contribution >= 4 is 27.5 Å². The predicted molar refractivity (Wildman–Crippen MR) is 111 cm³/mol. The summed E-state index contributed by atoms with van der Waals surface area (Å²) in [6.07, 6.45) is 4.10. The van der Waals surface area contributed by atoms with Gasteiger partial charge in [-0.15, -0.1) is 0 Å². The van der Waals surface area contributed by atoms with Crippen molar-refractivity contribution < 1.29 is 13.2 Å². The number of nitrogens with one attached hydrogen (secondary N) is 1. The summed E-state index contributed by atoms with van der Waals surface area (Å²) >= 11 is 5.90. The molecule has 1 aliphatic carbocycles. The molecular formula is C21H25ClN2O3S. The second-order valence-corrected chi connectivity index (χ2v) is 9.64. The maximum absolute atomic E-state index is 13.2. The summed E-state index contributed by atoms with van der Waals surface area (Å²) in [5, 5.41) is 3.43. The molecule has 1 N–H and O–H groups in total. The van der Waals surface area contributed by atoms with Crippen LogP contribution < -0.4 is 5.32 Å². The van der Waals surface area contributed by atoms with E-state index < -0.39 is 10.0 Å². The SMILES string of the molecule is Cc1cccc(CN(CC(=O)NC2CCCC2)S(=O)(=O)c2ccc(Cl)cc2)c1. The average molecular weight is 421 g/mol. The van der Waals surface area contributed by atoms with Crippen molar-refractivity contribution in [3.05, 3.63) is 64.7 Å². The Kier molecular flexibility index (Phi) is 6.75. The molecule has 0 spiro atoms. The maximum Gasteiger partial charge on any atom is 0.243 e. The summed E-state index contributed by atoms with van der Waals surface area (Å²) in [6, 6.07) is 13.8. The van der Waals surface area contributed by atoms with E-state index in [4.69, 9.17) is 11.6 Å². The van der Waals surface area contributed by atoms with Crippen molar-refractivity contribution in [3.63, 3.8) is 0 Å². The quantitative estimate of drug-likeness (QED) is 0.738. The lowest BCUT2D eigenvalue weighted by atomic mass is 10.1. The highest BCUT2D eigenvalue weighted by molar-refractivity contribution is 7.89. The summed E-state index contributed by atoms with van der Waals surface area (Å²) < 4.78 is 27.6. The van der Waals surface area contributed by atoms with Crippen LogP contribution in [0.5, 0.6) is 0 Å². The minimum atomic E-state index is -3.84. The molecule has 0 bridgehead atoms. The molecular weight excluding hydrogens is 396 g/mol. The molecule has 0 unspecified atom stereocenters. The summed E-state index contributed by atoms with van der Waals surface area (Å²) in [6.45, 7) is 1.87. The van der Waals surface area contributed by atoms with Crippen LogP contribution in [0.2, 0.25) is 5.02 Å². The van der Waals surface area contributed by atoms with Crippen LogP contribution in [0.3, 0.4) is 0 Å². The summed E-state index contributed by atoms with van der Waals surface area (Å²) in [4.78, 5) is 12.7. The van der Waals surface area contributed by atoms with E-state index >= 15 is 0 Å². The highest BCUT2D eigenvalue weighted by Crippen LogP contribution is 2.22. The molecule has 1 aliphatic rings. The Labute approximate surface area is 171 Å². The Morgan fingerprint density at radius 2 is 1.82 bits per heavy atom. The van der Waals surface area contributed by atoms with Crippen LogP contribution in [-0.2, 0) is 21.4 Å². The van der Waals surface area contributed by atoms with Gasteiger partial charge in [0.1, 0.15) is 0 Å². The van der Waals surface area contributed by atoms with E-state index in [0.29, 0.717) is 5.02 Å². The number of carbonyl (C=O) groups is 1. The first-order valence-corrected chi connectivity index (χ1v) is 11.3. The lowest BCUT2D eigenvalue weighted by Crippen LogP contribution is -2.43. The monoisotopic (exact) mass is 420 g/mol. The molecule has 1 fully saturated rings. The second-order valence-electron chi connectivity index (χ2n) is 7.26. The average Bonchev–Trinajstić information content (AvgIpc) is 3.14. The van der Waals surface area contributed by atoms with Crippen LogP contribution in [0.15, 0.2) is 53.4 Å². The standard InChI is InChI=1S/C21H25ClN2O3S/c1-16-5-4-6-17(13-16)14-24(15-21(25)23-19-7-2-3-8-19)28(26,27)20-11-9-18(22)10-12-20/h4-6,9-13,19H,2-3,7-8,14-15H2,1H3,(H,23,25). The Morgan fingerprint density at radius 3 is 2.46 bits per heavy atom. The molecule has 2 aromatic rings. The van der Waals surface area contributed by atoms with Gasteiger partial charge < -0.3 is 5.32 Å². The summed E-state index contributed by atoms with van der Waals surface area (Å²) in [7, 11) is -3.84. The van der Waals surface area contributed by atoms with Crippen LogP contribution >= 0.6 is 11.6 Å². The number of sulfonamides is 1. The van der Waals surface area contributed by atoms with E-state index in [1.165, 1.54) is 28.6 Å². The minimum Gasteiger partial charge on any atom is -0.352 e. The number of rotatable bonds is 7. The van der Waals surface area contributed by atoms with Gasteiger partial charge in [0.2, 0.25) is 15.9 Å². The first-order valence-electron chi connectivity index (χ1n) is 9.45. The fourth-order valence-corrected chi connectivity index (χ4v) is 5.01. The molecule has 1 saturated carbocycles. The van der Waals surface area contributed by atoms with Gasteiger partial charge in [-0.1, -0.05) is 54.3 Å². The Hall–Kier alpha value is -1.89. The largest absolute Gasteiger partial charge is 0.352 e. The number of aryl methyl sites for hydroxylation is 1. The molecule has 0 aromatic heterocycles. The Morgan fingerprint density at radius 1 is 1.14 bits per heavy atom. The van der Waals surface area contributed by atoms with Crippen LogP contribution in [0.4, 0.5) is 0 Å². The third kappa shape index (κ3) is 5.34. The van der Waals surface area contributed by atoms with Gasteiger partial charge in [0.25, 0.3) is 0 Å². The van der Waals surface area contributed by atoms with Gasteiger partial charge in [-0.05, 0) is 49.6 Å². The van der Waals surface area contributed by atoms with E-state index in [1.54, 1.807) is 0 Å². The number of halogens is 1. The van der Waals surface area contributed by atoms with Gasteiger partial charge >= 0.3 is 0 Å². The topological polar surface area (TPSA) is 66.5 Å². The third-order valence-corrected chi connectivity index (χ3v) is 6.99. The molecule has 1 amide bonds. The van der Waals surface area contributed by atoms with Gasteiger partial charge in [-0.2, -0.15) is 4.31 Å². The van der Waals surface area contributed by atoms with Gasteiger partial charge in [0.15, 0.2) is 0 Å². The van der Waals surface area contributed by atoms with Crippen molar-refractivity contribution in [1.82, 2.24) is 9.62 Å². The van der Waals surface area contributed by atoms with E-state index in [-0.39, 0.29) is 29.9 Å². The molecule has 150 valence electrons. The molecule has 0 aliphatic heterocycles. The Bertz CT molecular complexity index is 923. The number of hydrogen-bond acceptors (Lipinski definition) is 3. The molecule has 0 heterocycles. The predicted octanol–water partition coefficient (Wildman–Crippen LogP) is 3.90. The fraction of sp³-hybridized carbons (Fsp3) is 0.381. The summed E-state index contributed by atoms with van der Waals surface area (Å²) in [5.74, 6) is -0.267. The van der Waals surface area contributed by atoms with E-state index in [1.807, 2.05) is 31.2 Å². The molecule has 28 heavy (non-hydrogen) atoms. The van der Waals surface area contributed by atoms with Crippen LogP contribution in [-0.4, -0.2) is 31.2 Å². The summed E-state index contributed by atoms with van der Waals surface area (Å²) in [5.41, 5.74) is 1.88. The molecule has 3 rings (SSSR count). The fourth-order valence-electron chi connectivity index (χ4n) is 3.50. The van der Waals surface area contributed by atoms with Gasteiger partial charge in [-0.25, -0.2) is 8.42 Å². The van der Waals surface area contributed by atoms with Gasteiger partial charge in [0.05, 0.1) is 11.4 Å². The van der Waals surface area contributed by atoms with Crippen LogP contribution in [0.25, 0.3) is 0 Å². The first kappa shape index (κ1) is 20.8. The number of hydrogen-bond donors (Lipinski definition) is 1. The zero-order valence-corrected chi connectivity index (χ0v) is 17.5. The number of benzene rings is 2. The molecule has 0 radical (unpaired) electrons. The normalized spacial score (nSPS) is 15.1. The zero-order valence-electron chi connectivity index (χ0n) is 15.9. The first-order chi connectivity index (χ1) is 13.3. The van der Waals surface area contributed by atoms with Gasteiger partial charge in [-0.3, -0.25) is 4.79 Å².